The Morgan fingerprint density at radius 2 is 1.65 bits per heavy atom. The van der Waals surface area contributed by atoms with E-state index in [1.165, 1.54) is 11.8 Å². The summed E-state index contributed by atoms with van der Waals surface area (Å²) in [6.45, 7) is 5.47. The number of amides is 1. The summed E-state index contributed by atoms with van der Waals surface area (Å²) < 4.78 is 18.3. The Balaban J connectivity index is 1.25. The van der Waals surface area contributed by atoms with Gasteiger partial charge in [0.05, 0.1) is 31.4 Å². The van der Waals surface area contributed by atoms with E-state index in [4.69, 9.17) is 13.9 Å². The van der Waals surface area contributed by atoms with Crippen LogP contribution in [0.15, 0.2) is 76.5 Å². The molecule has 2 aromatic carbocycles. The van der Waals surface area contributed by atoms with Gasteiger partial charge in [0.25, 0.3) is 0 Å². The van der Waals surface area contributed by atoms with Gasteiger partial charge in [-0.3, -0.25) is 9.36 Å². The number of thioether (sulfide) groups is 1. The Morgan fingerprint density at radius 1 is 0.946 bits per heavy atom. The zero-order chi connectivity index (χ0) is 25.6. The fraction of sp³-hybridized carbons (Fsp3) is 0.296. The van der Waals surface area contributed by atoms with Crippen LogP contribution in [0, 0.1) is 0 Å². The maximum atomic E-state index is 13.1. The fourth-order valence-corrected chi connectivity index (χ4v) is 5.10. The molecule has 1 fully saturated rings. The molecule has 0 atom stereocenters. The van der Waals surface area contributed by atoms with Crippen molar-refractivity contribution in [1.82, 2.24) is 19.7 Å². The molecule has 37 heavy (non-hydrogen) atoms. The topological polar surface area (TPSA) is 85.9 Å². The molecule has 192 valence electrons. The summed E-state index contributed by atoms with van der Waals surface area (Å²) >= 11 is 1.38. The predicted octanol–water partition coefficient (Wildman–Crippen LogP) is 4.38. The van der Waals surface area contributed by atoms with Crippen LogP contribution in [0.1, 0.15) is 6.92 Å². The van der Waals surface area contributed by atoms with Crippen LogP contribution in [0.2, 0.25) is 0 Å². The zero-order valence-corrected chi connectivity index (χ0v) is 21.7. The van der Waals surface area contributed by atoms with Gasteiger partial charge in [-0.15, -0.1) is 10.2 Å². The molecule has 0 unspecified atom stereocenters. The summed E-state index contributed by atoms with van der Waals surface area (Å²) in [5.74, 6) is 3.17. The van der Waals surface area contributed by atoms with E-state index >= 15 is 0 Å². The molecule has 5 rings (SSSR count). The number of hydrogen-bond donors (Lipinski definition) is 0. The molecule has 0 bridgehead atoms. The van der Waals surface area contributed by atoms with Gasteiger partial charge in [-0.05, 0) is 67.6 Å². The highest BCUT2D eigenvalue weighted by Crippen LogP contribution is 2.29. The number of nitrogens with zero attached hydrogens (tertiary/aromatic N) is 5. The lowest BCUT2D eigenvalue weighted by molar-refractivity contribution is -0.128. The fourth-order valence-electron chi connectivity index (χ4n) is 4.24. The van der Waals surface area contributed by atoms with Gasteiger partial charge in [-0.1, -0.05) is 11.8 Å². The normalized spacial score (nSPS) is 13.6. The second kappa shape index (κ2) is 11.4. The molecule has 9 nitrogen and oxygen atoms in total. The first-order valence-electron chi connectivity index (χ1n) is 12.2. The molecule has 3 heterocycles. The van der Waals surface area contributed by atoms with Crippen molar-refractivity contribution in [3.8, 4) is 28.8 Å². The maximum absolute atomic E-state index is 13.1. The molecule has 0 saturated carbocycles. The van der Waals surface area contributed by atoms with Crippen molar-refractivity contribution in [3.63, 3.8) is 0 Å². The van der Waals surface area contributed by atoms with Crippen molar-refractivity contribution in [2.24, 2.45) is 0 Å². The largest absolute Gasteiger partial charge is 0.497 e. The summed E-state index contributed by atoms with van der Waals surface area (Å²) in [6, 6.07) is 19.4. The smallest absolute Gasteiger partial charge is 0.233 e. The minimum atomic E-state index is 0.0835. The lowest BCUT2D eigenvalue weighted by Gasteiger charge is -2.36. The lowest BCUT2D eigenvalue weighted by atomic mass is 10.2. The van der Waals surface area contributed by atoms with Crippen molar-refractivity contribution >= 4 is 23.4 Å². The number of rotatable bonds is 9. The third-order valence-corrected chi connectivity index (χ3v) is 7.09. The van der Waals surface area contributed by atoms with Gasteiger partial charge in [0.15, 0.2) is 10.9 Å². The number of hydrogen-bond acceptors (Lipinski definition) is 8. The third-order valence-electron chi connectivity index (χ3n) is 6.18. The van der Waals surface area contributed by atoms with Crippen LogP contribution in [0.25, 0.3) is 17.3 Å². The Labute approximate surface area is 220 Å². The number of ether oxygens (including phenoxy) is 2. The molecule has 0 spiro atoms. The van der Waals surface area contributed by atoms with Gasteiger partial charge in [0, 0.05) is 31.9 Å². The average Bonchev–Trinajstić information content (AvgIpc) is 3.63. The first-order valence-corrected chi connectivity index (χ1v) is 13.2. The van der Waals surface area contributed by atoms with E-state index in [0.29, 0.717) is 36.4 Å². The van der Waals surface area contributed by atoms with E-state index in [-0.39, 0.29) is 11.7 Å². The second-order valence-electron chi connectivity index (χ2n) is 8.40. The number of anilines is 1. The first-order chi connectivity index (χ1) is 18.2. The van der Waals surface area contributed by atoms with Crippen molar-refractivity contribution in [1.29, 1.82) is 0 Å². The van der Waals surface area contributed by atoms with Crippen LogP contribution in [0.5, 0.6) is 11.5 Å². The molecule has 0 radical (unpaired) electrons. The van der Waals surface area contributed by atoms with E-state index in [1.807, 2.05) is 64.9 Å². The van der Waals surface area contributed by atoms with Gasteiger partial charge >= 0.3 is 0 Å². The molecule has 10 heteroatoms. The van der Waals surface area contributed by atoms with Crippen LogP contribution in [-0.4, -0.2) is 71.2 Å². The summed E-state index contributed by atoms with van der Waals surface area (Å²) in [4.78, 5) is 17.3. The SMILES string of the molecule is CCOc1ccc(-n2c(SCC(=O)N3CCN(c4ccc(OC)cc4)CC3)nnc2-c2ccco2)cc1. The molecule has 4 aromatic rings. The molecule has 1 aliphatic heterocycles. The van der Waals surface area contributed by atoms with Crippen LogP contribution in [-0.2, 0) is 4.79 Å². The number of piperazine rings is 1. The number of aromatic nitrogens is 3. The van der Waals surface area contributed by atoms with E-state index < -0.39 is 0 Å². The minimum absolute atomic E-state index is 0.0835. The zero-order valence-electron chi connectivity index (χ0n) is 20.9. The van der Waals surface area contributed by atoms with Crippen LogP contribution in [0.3, 0.4) is 0 Å². The third kappa shape index (κ3) is 5.59. The van der Waals surface area contributed by atoms with E-state index in [9.17, 15) is 4.79 Å². The predicted molar refractivity (Wildman–Crippen MR) is 143 cm³/mol. The molecular weight excluding hydrogens is 490 g/mol. The number of furan rings is 1. The molecule has 2 aromatic heterocycles. The van der Waals surface area contributed by atoms with Gasteiger partial charge in [0.1, 0.15) is 11.5 Å². The monoisotopic (exact) mass is 519 g/mol. The number of methoxy groups -OCH3 is 1. The number of carbonyl (C=O) groups excluding carboxylic acids is 1. The highest BCUT2D eigenvalue weighted by atomic mass is 32.2. The number of carbonyl (C=O) groups is 1. The standard InChI is InChI=1S/C27H29N5O4S/c1-3-35-23-12-8-21(9-13-23)32-26(24-5-4-18-36-24)28-29-27(32)37-19-25(33)31-16-14-30(15-17-31)20-6-10-22(34-2)11-7-20/h4-13,18H,3,14-17,19H2,1-2H3. The second-order valence-corrected chi connectivity index (χ2v) is 9.34. The molecule has 0 aliphatic carbocycles. The van der Waals surface area contributed by atoms with E-state index in [2.05, 4.69) is 27.2 Å². The van der Waals surface area contributed by atoms with Crippen molar-refractivity contribution in [2.45, 2.75) is 12.1 Å². The average molecular weight is 520 g/mol. The molecule has 0 N–H and O–H groups in total. The highest BCUT2D eigenvalue weighted by Gasteiger charge is 2.24. The van der Waals surface area contributed by atoms with E-state index in [0.717, 1.165) is 36.0 Å². The number of benzene rings is 2. The quantitative estimate of drug-likeness (QED) is 0.301. The van der Waals surface area contributed by atoms with Crippen molar-refractivity contribution in [2.75, 3.05) is 50.5 Å². The molecular formula is C27H29N5O4S. The van der Waals surface area contributed by atoms with Gasteiger partial charge in [-0.2, -0.15) is 0 Å². The Morgan fingerprint density at radius 3 is 2.30 bits per heavy atom. The maximum Gasteiger partial charge on any atom is 0.233 e. The minimum Gasteiger partial charge on any atom is -0.497 e. The highest BCUT2D eigenvalue weighted by molar-refractivity contribution is 7.99. The summed E-state index contributed by atoms with van der Waals surface area (Å²) in [7, 11) is 1.66. The first kappa shape index (κ1) is 24.8. The van der Waals surface area contributed by atoms with Crippen LogP contribution < -0.4 is 14.4 Å². The van der Waals surface area contributed by atoms with E-state index in [1.54, 1.807) is 13.4 Å². The summed E-state index contributed by atoms with van der Waals surface area (Å²) in [5, 5.41) is 9.38. The Kier molecular flexibility index (Phi) is 7.65. The van der Waals surface area contributed by atoms with Gasteiger partial charge in [0.2, 0.25) is 11.7 Å². The van der Waals surface area contributed by atoms with Gasteiger partial charge < -0.3 is 23.7 Å². The molecule has 1 aliphatic rings. The molecule has 1 saturated heterocycles. The van der Waals surface area contributed by atoms with Gasteiger partial charge in [-0.25, -0.2) is 0 Å². The summed E-state index contributed by atoms with van der Waals surface area (Å²) in [5.41, 5.74) is 2.00. The lowest BCUT2D eigenvalue weighted by Crippen LogP contribution is -2.49. The van der Waals surface area contributed by atoms with Crippen LogP contribution in [0.4, 0.5) is 5.69 Å². The van der Waals surface area contributed by atoms with Crippen molar-refractivity contribution < 1.29 is 18.7 Å². The van der Waals surface area contributed by atoms with Crippen molar-refractivity contribution in [3.05, 3.63) is 66.9 Å². The Hall–Kier alpha value is -3.92. The Bertz CT molecular complexity index is 1300. The molecule has 1 amide bonds. The summed E-state index contributed by atoms with van der Waals surface area (Å²) in [6.07, 6.45) is 1.61. The van der Waals surface area contributed by atoms with Crippen LogP contribution >= 0.6 is 11.8 Å².